The third-order valence-electron chi connectivity index (χ3n) is 1.93. The summed E-state index contributed by atoms with van der Waals surface area (Å²) in [5.74, 6) is 0. The van der Waals surface area contributed by atoms with Crippen LogP contribution in [0.5, 0.6) is 0 Å². The van der Waals surface area contributed by atoms with Gasteiger partial charge in [-0.25, -0.2) is 0 Å². The van der Waals surface area contributed by atoms with E-state index in [1.165, 1.54) is 0 Å². The Kier molecular flexibility index (Phi) is 5.54. The molecule has 0 saturated carbocycles. The van der Waals surface area contributed by atoms with Crippen molar-refractivity contribution in [2.75, 3.05) is 26.4 Å². The molecule has 0 aromatic heterocycles. The van der Waals surface area contributed by atoms with Gasteiger partial charge in [0, 0.05) is 6.61 Å². The Morgan fingerprint density at radius 3 is 2.85 bits per heavy atom. The van der Waals surface area contributed by atoms with Gasteiger partial charge in [0.25, 0.3) is 0 Å². The van der Waals surface area contributed by atoms with Gasteiger partial charge in [0.1, 0.15) is 0 Å². The highest BCUT2D eigenvalue weighted by Crippen LogP contribution is 2.19. The number of halogens is 1. The minimum Gasteiger partial charge on any atom is -0.379 e. The van der Waals surface area contributed by atoms with Crippen molar-refractivity contribution in [3.63, 3.8) is 0 Å². The summed E-state index contributed by atoms with van der Waals surface area (Å²) in [6, 6.07) is 0. The standard InChI is InChI=1S/C9H17IO3/c1-3-11-4-7(2)13-9-6-12-5-8(9)10/h7-9H,3-6H2,1-2H3. The molecular weight excluding hydrogens is 283 g/mol. The molecular formula is C9H17IO3. The van der Waals surface area contributed by atoms with Crippen LogP contribution in [0.15, 0.2) is 0 Å². The fraction of sp³-hybridized carbons (Fsp3) is 1.00. The maximum Gasteiger partial charge on any atom is 0.0952 e. The Balaban J connectivity index is 2.15. The lowest BCUT2D eigenvalue weighted by atomic mass is 10.3. The van der Waals surface area contributed by atoms with Crippen molar-refractivity contribution in [3.05, 3.63) is 0 Å². The van der Waals surface area contributed by atoms with Crippen molar-refractivity contribution >= 4 is 22.6 Å². The number of ether oxygens (including phenoxy) is 3. The van der Waals surface area contributed by atoms with Crippen LogP contribution >= 0.6 is 22.6 Å². The summed E-state index contributed by atoms with van der Waals surface area (Å²) in [5.41, 5.74) is 0. The van der Waals surface area contributed by atoms with E-state index in [9.17, 15) is 0 Å². The van der Waals surface area contributed by atoms with Gasteiger partial charge in [-0.15, -0.1) is 0 Å². The van der Waals surface area contributed by atoms with Crippen LogP contribution in [-0.2, 0) is 14.2 Å². The van der Waals surface area contributed by atoms with Crippen LogP contribution < -0.4 is 0 Å². The molecule has 1 heterocycles. The quantitative estimate of drug-likeness (QED) is 0.570. The Morgan fingerprint density at radius 1 is 1.54 bits per heavy atom. The molecule has 1 fully saturated rings. The van der Waals surface area contributed by atoms with Crippen molar-refractivity contribution in [1.29, 1.82) is 0 Å². The summed E-state index contributed by atoms with van der Waals surface area (Å²) in [6.07, 6.45) is 0.417. The van der Waals surface area contributed by atoms with E-state index in [0.29, 0.717) is 10.5 Å². The van der Waals surface area contributed by atoms with Crippen LogP contribution in [0, 0.1) is 0 Å². The van der Waals surface area contributed by atoms with Crippen LogP contribution in [0.2, 0.25) is 0 Å². The van der Waals surface area contributed by atoms with Crippen LogP contribution in [0.1, 0.15) is 13.8 Å². The predicted octanol–water partition coefficient (Wildman–Crippen LogP) is 1.63. The molecule has 1 saturated heterocycles. The second kappa shape index (κ2) is 6.16. The molecule has 3 unspecified atom stereocenters. The fourth-order valence-electron chi connectivity index (χ4n) is 1.25. The summed E-state index contributed by atoms with van der Waals surface area (Å²) in [7, 11) is 0. The van der Waals surface area contributed by atoms with E-state index in [2.05, 4.69) is 22.6 Å². The minimum absolute atomic E-state index is 0.170. The second-order valence-electron chi connectivity index (χ2n) is 3.20. The zero-order valence-corrected chi connectivity index (χ0v) is 10.3. The van der Waals surface area contributed by atoms with E-state index < -0.39 is 0 Å². The van der Waals surface area contributed by atoms with Gasteiger partial charge in [-0.05, 0) is 13.8 Å². The minimum atomic E-state index is 0.170. The molecule has 1 aliphatic heterocycles. The van der Waals surface area contributed by atoms with Gasteiger partial charge < -0.3 is 14.2 Å². The van der Waals surface area contributed by atoms with E-state index in [1.807, 2.05) is 13.8 Å². The second-order valence-corrected chi connectivity index (χ2v) is 4.80. The third kappa shape index (κ3) is 4.10. The average molecular weight is 300 g/mol. The van der Waals surface area contributed by atoms with Crippen LogP contribution in [0.3, 0.4) is 0 Å². The van der Waals surface area contributed by atoms with Crippen LogP contribution in [-0.4, -0.2) is 42.6 Å². The van der Waals surface area contributed by atoms with E-state index in [0.717, 1.165) is 19.8 Å². The zero-order valence-electron chi connectivity index (χ0n) is 8.16. The number of alkyl halides is 1. The molecule has 0 amide bonds. The van der Waals surface area contributed by atoms with Gasteiger partial charge in [0.2, 0.25) is 0 Å². The highest BCUT2D eigenvalue weighted by Gasteiger charge is 2.27. The highest BCUT2D eigenvalue weighted by atomic mass is 127. The van der Waals surface area contributed by atoms with Gasteiger partial charge in [0.05, 0.1) is 36.0 Å². The average Bonchev–Trinajstić information content (AvgIpc) is 2.48. The van der Waals surface area contributed by atoms with Crippen molar-refractivity contribution in [1.82, 2.24) is 0 Å². The van der Waals surface area contributed by atoms with Crippen LogP contribution in [0.4, 0.5) is 0 Å². The molecule has 4 heteroatoms. The molecule has 0 aliphatic carbocycles. The molecule has 0 radical (unpaired) electrons. The monoisotopic (exact) mass is 300 g/mol. The number of hydrogen-bond donors (Lipinski definition) is 0. The topological polar surface area (TPSA) is 27.7 Å². The number of rotatable bonds is 5. The molecule has 0 N–H and O–H groups in total. The van der Waals surface area contributed by atoms with Crippen molar-refractivity contribution in [3.8, 4) is 0 Å². The third-order valence-corrected chi connectivity index (χ3v) is 3.09. The van der Waals surface area contributed by atoms with Gasteiger partial charge in [-0.1, -0.05) is 22.6 Å². The molecule has 3 atom stereocenters. The van der Waals surface area contributed by atoms with Crippen LogP contribution in [0.25, 0.3) is 0 Å². The summed E-state index contributed by atoms with van der Waals surface area (Å²) >= 11 is 2.37. The van der Waals surface area contributed by atoms with E-state index >= 15 is 0 Å². The molecule has 13 heavy (non-hydrogen) atoms. The molecule has 78 valence electrons. The zero-order chi connectivity index (χ0) is 9.68. The van der Waals surface area contributed by atoms with Crippen molar-refractivity contribution in [2.45, 2.75) is 30.0 Å². The Morgan fingerprint density at radius 2 is 2.31 bits per heavy atom. The number of hydrogen-bond acceptors (Lipinski definition) is 3. The highest BCUT2D eigenvalue weighted by molar-refractivity contribution is 14.1. The van der Waals surface area contributed by atoms with Gasteiger partial charge in [-0.3, -0.25) is 0 Å². The molecule has 0 bridgehead atoms. The first-order valence-electron chi connectivity index (χ1n) is 4.69. The lowest BCUT2D eigenvalue weighted by Gasteiger charge is -2.19. The van der Waals surface area contributed by atoms with E-state index in [1.54, 1.807) is 0 Å². The first-order valence-corrected chi connectivity index (χ1v) is 5.93. The Hall–Kier alpha value is 0.610. The molecule has 1 rings (SSSR count). The fourth-order valence-corrected chi connectivity index (χ4v) is 1.89. The summed E-state index contributed by atoms with van der Waals surface area (Å²) in [5, 5.41) is 0. The van der Waals surface area contributed by atoms with Gasteiger partial charge in [0.15, 0.2) is 0 Å². The first kappa shape index (κ1) is 11.7. The van der Waals surface area contributed by atoms with Gasteiger partial charge >= 0.3 is 0 Å². The SMILES string of the molecule is CCOCC(C)OC1COCC1I. The van der Waals surface area contributed by atoms with Gasteiger partial charge in [-0.2, -0.15) is 0 Å². The molecule has 3 nitrogen and oxygen atoms in total. The lowest BCUT2D eigenvalue weighted by Crippen LogP contribution is -2.29. The van der Waals surface area contributed by atoms with E-state index in [4.69, 9.17) is 14.2 Å². The predicted molar refractivity (Wildman–Crippen MR) is 59.5 cm³/mol. The molecule has 0 aromatic rings. The molecule has 0 aromatic carbocycles. The summed E-state index contributed by atoms with van der Waals surface area (Å²) in [4.78, 5) is 0. The Labute approximate surface area is 93.3 Å². The lowest BCUT2D eigenvalue weighted by molar-refractivity contribution is -0.0451. The van der Waals surface area contributed by atoms with Crippen molar-refractivity contribution < 1.29 is 14.2 Å². The smallest absolute Gasteiger partial charge is 0.0952 e. The van der Waals surface area contributed by atoms with E-state index in [-0.39, 0.29) is 12.2 Å². The first-order chi connectivity index (χ1) is 6.24. The maximum absolute atomic E-state index is 5.77. The largest absolute Gasteiger partial charge is 0.379 e. The molecule has 0 spiro atoms. The normalized spacial score (nSPS) is 30.7. The summed E-state index contributed by atoms with van der Waals surface area (Å²) < 4.78 is 16.8. The van der Waals surface area contributed by atoms with Crippen molar-refractivity contribution in [2.24, 2.45) is 0 Å². The Bertz CT molecular complexity index is 143. The molecule has 1 aliphatic rings. The summed E-state index contributed by atoms with van der Waals surface area (Å²) in [6.45, 7) is 7.00. The maximum atomic E-state index is 5.77.